The summed E-state index contributed by atoms with van der Waals surface area (Å²) in [5.74, 6) is 0. The highest BCUT2D eigenvalue weighted by Crippen LogP contribution is 2.54. The van der Waals surface area contributed by atoms with Gasteiger partial charge in [0.1, 0.15) is 0 Å². The van der Waals surface area contributed by atoms with Crippen LogP contribution in [0.2, 0.25) is 0 Å². The number of hydrogen-bond donors (Lipinski definition) is 0. The van der Waals surface area contributed by atoms with Gasteiger partial charge in [-0.25, -0.2) is 0 Å². The first-order chi connectivity index (χ1) is 47.9. The van der Waals surface area contributed by atoms with Crippen molar-refractivity contribution in [3.8, 4) is 44.5 Å². The van der Waals surface area contributed by atoms with Crippen LogP contribution in [-0.4, -0.2) is 0 Å². The summed E-state index contributed by atoms with van der Waals surface area (Å²) in [5.41, 5.74) is 35.7. The molecule has 15 rings (SSSR count). The van der Waals surface area contributed by atoms with Gasteiger partial charge < -0.3 is 19.6 Å². The first-order valence-corrected chi connectivity index (χ1v) is 34.7. The molecule has 2 aliphatic rings. The van der Waals surface area contributed by atoms with Gasteiger partial charge in [-0.05, 0) is 281 Å². The zero-order valence-electron chi connectivity index (χ0n) is 57.3. The molecule has 0 atom stereocenters. The lowest BCUT2D eigenvalue weighted by Crippen LogP contribution is -2.12. The molecule has 13 aromatic carbocycles. The average Bonchev–Trinajstić information content (AvgIpc) is 0.728. The summed E-state index contributed by atoms with van der Waals surface area (Å²) in [5, 5.41) is 0. The normalized spacial score (nSPS) is 12.4. The van der Waals surface area contributed by atoms with Crippen molar-refractivity contribution >= 4 is 86.5 Å². The standard InChI is InChI=1S/C94H82N4/c1-64-13-35-75(36-14-64)95(76-37-15-65(2)16-38-76)83-51-55-87-91(60-83)88-56-52-84(96(77-39-17-66(3)18-40-77)78-41-19-67(4)20-42-78)62-93(88)90-58-54-86(63-94(90)89-57-53-85(61-92(87)89)97(79-43-21-68(5)22-44-79)80-45-23-69(6)24-46-80)98(81-47-25-70(7)26-48-81)82-49-33-72(34-50-82)28-27-71-29-31-74(32-30-71)59-73-11-9-8-10-12-73/h13-63H,8-12H2,1-7H3. The van der Waals surface area contributed by atoms with Crippen LogP contribution < -0.4 is 19.6 Å². The molecule has 4 heteroatoms. The van der Waals surface area contributed by atoms with E-state index in [1.165, 1.54) is 82.2 Å². The van der Waals surface area contributed by atoms with Crippen molar-refractivity contribution in [3.63, 3.8) is 0 Å². The predicted octanol–water partition coefficient (Wildman–Crippen LogP) is 27.2. The van der Waals surface area contributed by atoms with Gasteiger partial charge >= 0.3 is 0 Å². The Morgan fingerprint density at radius 2 is 0.388 bits per heavy atom. The number of aryl methyl sites for hydroxylation is 7. The van der Waals surface area contributed by atoms with Gasteiger partial charge in [0.25, 0.3) is 0 Å². The maximum absolute atomic E-state index is 2.46. The van der Waals surface area contributed by atoms with Crippen molar-refractivity contribution < 1.29 is 0 Å². The summed E-state index contributed by atoms with van der Waals surface area (Å²) in [6.45, 7) is 15.1. The van der Waals surface area contributed by atoms with Crippen LogP contribution in [0.25, 0.3) is 62.7 Å². The monoisotopic (exact) mass is 1270 g/mol. The molecule has 0 aromatic heterocycles. The summed E-state index contributed by atoms with van der Waals surface area (Å²) in [4.78, 5) is 9.66. The van der Waals surface area contributed by atoms with Crippen LogP contribution >= 0.6 is 0 Å². The largest absolute Gasteiger partial charge is 0.310 e. The fourth-order valence-electron chi connectivity index (χ4n) is 14.2. The quantitative estimate of drug-likeness (QED) is 0.0949. The Hall–Kier alpha value is -11.5. The van der Waals surface area contributed by atoms with Gasteiger partial charge in [-0.2, -0.15) is 0 Å². The molecule has 0 bridgehead atoms. The molecule has 0 saturated heterocycles. The first kappa shape index (κ1) is 62.6. The second-order valence-corrected chi connectivity index (χ2v) is 27.1. The average molecular weight is 1270 g/mol. The fourth-order valence-corrected chi connectivity index (χ4v) is 14.2. The van der Waals surface area contributed by atoms with E-state index in [0.717, 1.165) is 118 Å². The van der Waals surface area contributed by atoms with Crippen LogP contribution in [0.1, 0.15) is 87.7 Å². The van der Waals surface area contributed by atoms with E-state index in [1.54, 1.807) is 5.57 Å². The Bertz CT molecular complexity index is 4810. The Labute approximate surface area is 580 Å². The summed E-state index contributed by atoms with van der Waals surface area (Å²) in [7, 11) is 0. The Kier molecular flexibility index (Phi) is 17.5. The van der Waals surface area contributed by atoms with Crippen molar-refractivity contribution in [2.24, 2.45) is 0 Å². The molecule has 0 aliphatic heterocycles. The smallest absolute Gasteiger partial charge is 0.0468 e. The molecule has 2 aliphatic carbocycles. The lowest BCUT2D eigenvalue weighted by molar-refractivity contribution is 0.602. The second kappa shape index (κ2) is 27.3. The zero-order valence-corrected chi connectivity index (χ0v) is 57.3. The number of rotatable bonds is 15. The highest BCUT2D eigenvalue weighted by molar-refractivity contribution is 6.07. The molecule has 0 amide bonds. The number of anilines is 12. The van der Waals surface area contributed by atoms with E-state index in [1.807, 2.05) is 0 Å². The van der Waals surface area contributed by atoms with Crippen LogP contribution in [0.5, 0.6) is 0 Å². The van der Waals surface area contributed by atoms with Crippen LogP contribution in [0.3, 0.4) is 0 Å². The topological polar surface area (TPSA) is 13.0 Å². The van der Waals surface area contributed by atoms with Crippen LogP contribution in [0.4, 0.5) is 68.2 Å². The van der Waals surface area contributed by atoms with Crippen molar-refractivity contribution in [2.45, 2.75) is 80.6 Å². The molecule has 4 nitrogen and oxygen atoms in total. The molecule has 1 fully saturated rings. The number of nitrogens with zero attached hydrogens (tertiary/aromatic N) is 4. The molecule has 13 aromatic rings. The molecule has 0 radical (unpaired) electrons. The molecule has 1 saturated carbocycles. The lowest BCUT2D eigenvalue weighted by Gasteiger charge is -2.32. The van der Waals surface area contributed by atoms with E-state index in [4.69, 9.17) is 0 Å². The molecular formula is C94H82N4. The first-order valence-electron chi connectivity index (χ1n) is 34.7. The zero-order chi connectivity index (χ0) is 66.8. The number of hydrogen-bond acceptors (Lipinski definition) is 4. The predicted molar refractivity (Wildman–Crippen MR) is 420 cm³/mol. The third-order valence-electron chi connectivity index (χ3n) is 19.7. The van der Waals surface area contributed by atoms with Crippen LogP contribution in [0, 0.1) is 48.5 Å². The van der Waals surface area contributed by atoms with E-state index < -0.39 is 0 Å². The molecule has 478 valence electrons. The van der Waals surface area contributed by atoms with Gasteiger partial charge in [0.2, 0.25) is 0 Å². The Morgan fingerprint density at radius 3 is 0.622 bits per heavy atom. The van der Waals surface area contributed by atoms with E-state index in [0.29, 0.717) is 0 Å². The lowest BCUT2D eigenvalue weighted by atomic mass is 9.80. The molecule has 0 N–H and O–H groups in total. The van der Waals surface area contributed by atoms with Gasteiger partial charge in [-0.15, -0.1) is 0 Å². The minimum atomic E-state index is 1.05. The molecule has 98 heavy (non-hydrogen) atoms. The van der Waals surface area contributed by atoms with E-state index in [-0.39, 0.29) is 0 Å². The number of fused-ring (bicyclic) bond motifs is 8. The molecule has 0 heterocycles. The molecular weight excluding hydrogens is 1190 g/mol. The SMILES string of the molecule is Cc1ccc(N(c2ccc(C)cc2)c2ccc3c(c2)-c2ccc(N(c4ccc(C)cc4)c4ccc(C)cc4)cc2-c2ccc(N(c4ccc(C)cc4)c4ccc(C=Cc5ccc(C=C6CCCCC6)cc5)cc4)cc2-c2ccc(N(c4ccc(C)cc4)c4ccc(C)cc4)cc2-3)cc1. The molecule has 0 unspecified atom stereocenters. The van der Waals surface area contributed by atoms with Crippen molar-refractivity contribution in [1.29, 1.82) is 0 Å². The van der Waals surface area contributed by atoms with Crippen LogP contribution in [0.15, 0.2) is 297 Å². The number of benzene rings is 13. The highest BCUT2D eigenvalue weighted by Gasteiger charge is 2.29. The second-order valence-electron chi connectivity index (χ2n) is 27.1. The highest BCUT2D eigenvalue weighted by atomic mass is 15.2. The third-order valence-corrected chi connectivity index (χ3v) is 19.7. The van der Waals surface area contributed by atoms with Crippen LogP contribution in [-0.2, 0) is 0 Å². The summed E-state index contributed by atoms with van der Waals surface area (Å²) >= 11 is 0. The van der Waals surface area contributed by atoms with Gasteiger partial charge in [-0.3, -0.25) is 0 Å². The summed E-state index contributed by atoms with van der Waals surface area (Å²) in [6, 6.07) is 109. The number of allylic oxidation sites excluding steroid dienone is 1. The maximum atomic E-state index is 2.46. The van der Waals surface area contributed by atoms with E-state index >= 15 is 0 Å². The fraction of sp³-hybridized carbons (Fsp3) is 0.128. The summed E-state index contributed by atoms with van der Waals surface area (Å²) in [6.07, 6.45) is 13.3. The van der Waals surface area contributed by atoms with Gasteiger partial charge in [-0.1, -0.05) is 215 Å². The van der Waals surface area contributed by atoms with Crippen molar-refractivity contribution in [1.82, 2.24) is 0 Å². The van der Waals surface area contributed by atoms with E-state index in [2.05, 4.69) is 377 Å². The van der Waals surface area contributed by atoms with Gasteiger partial charge in [0, 0.05) is 68.2 Å². The summed E-state index contributed by atoms with van der Waals surface area (Å²) < 4.78 is 0. The third kappa shape index (κ3) is 13.2. The van der Waals surface area contributed by atoms with Crippen molar-refractivity contribution in [2.75, 3.05) is 19.6 Å². The Balaban J connectivity index is 0.954. The van der Waals surface area contributed by atoms with Crippen molar-refractivity contribution in [3.05, 3.63) is 352 Å². The minimum Gasteiger partial charge on any atom is -0.310 e. The van der Waals surface area contributed by atoms with Gasteiger partial charge in [0.15, 0.2) is 0 Å². The molecule has 0 spiro atoms. The Morgan fingerprint density at radius 1 is 0.194 bits per heavy atom. The minimum absolute atomic E-state index is 1.05. The van der Waals surface area contributed by atoms with Gasteiger partial charge in [0.05, 0.1) is 0 Å². The maximum Gasteiger partial charge on any atom is 0.0468 e. The van der Waals surface area contributed by atoms with E-state index in [9.17, 15) is 0 Å².